The fourth-order valence-electron chi connectivity index (χ4n) is 1.35. The van der Waals surface area contributed by atoms with Crippen LogP contribution in [0.2, 0.25) is 5.02 Å². The first-order valence-electron chi connectivity index (χ1n) is 4.86. The Labute approximate surface area is 94.5 Å². The normalized spacial score (nSPS) is 14.3. The van der Waals surface area contributed by atoms with E-state index in [0.717, 1.165) is 0 Å². The predicted molar refractivity (Wildman–Crippen MR) is 59.1 cm³/mol. The Morgan fingerprint density at radius 2 is 2.20 bits per heavy atom. The summed E-state index contributed by atoms with van der Waals surface area (Å²) in [5.74, 6) is -0.408. The van der Waals surface area contributed by atoms with Gasteiger partial charge in [0.15, 0.2) is 0 Å². The second-order valence-electron chi connectivity index (χ2n) is 3.92. The number of benzene rings is 1. The smallest absolute Gasteiger partial charge is 0.145 e. The summed E-state index contributed by atoms with van der Waals surface area (Å²) < 4.78 is 13.6. The molecule has 80 valence electrons. The maximum Gasteiger partial charge on any atom is 0.145 e. The van der Waals surface area contributed by atoms with E-state index in [9.17, 15) is 4.39 Å². The molecule has 1 nitrogen and oxygen atoms in total. The Hall–Kier alpha value is -1.07. The van der Waals surface area contributed by atoms with E-state index in [1.54, 1.807) is 12.1 Å². The first-order valence-corrected chi connectivity index (χ1v) is 5.24. The molecule has 15 heavy (non-hydrogen) atoms. The number of hydrogen-bond acceptors (Lipinski definition) is 1. The third-order valence-corrected chi connectivity index (χ3v) is 2.95. The van der Waals surface area contributed by atoms with Crippen molar-refractivity contribution in [3.05, 3.63) is 34.6 Å². The Morgan fingerprint density at radius 3 is 2.73 bits per heavy atom. The maximum absolute atomic E-state index is 13.6. The maximum atomic E-state index is 13.6. The van der Waals surface area contributed by atoms with Gasteiger partial charge in [-0.15, -0.1) is 0 Å². The van der Waals surface area contributed by atoms with Crippen LogP contribution in [0.15, 0.2) is 18.2 Å². The standard InChI is InChI=1S/C12H13ClFN/c1-3-12(2,8-15)7-9-5-4-6-10(13)11(9)14/h4-6H,3,7H2,1-2H3. The van der Waals surface area contributed by atoms with Crippen molar-refractivity contribution in [3.63, 3.8) is 0 Å². The zero-order chi connectivity index (χ0) is 11.5. The first kappa shape index (κ1) is 12.0. The quantitative estimate of drug-likeness (QED) is 0.764. The first-order chi connectivity index (χ1) is 7.02. The Kier molecular flexibility index (Phi) is 3.71. The number of nitriles is 1. The molecular weight excluding hydrogens is 213 g/mol. The number of rotatable bonds is 3. The molecule has 0 fully saturated rings. The Morgan fingerprint density at radius 1 is 1.53 bits per heavy atom. The lowest BCUT2D eigenvalue weighted by molar-refractivity contribution is 0.413. The van der Waals surface area contributed by atoms with Crippen molar-refractivity contribution in [2.45, 2.75) is 26.7 Å². The Balaban J connectivity index is 3.00. The second kappa shape index (κ2) is 4.63. The van der Waals surface area contributed by atoms with E-state index in [1.807, 2.05) is 13.8 Å². The molecule has 0 aliphatic heterocycles. The fourth-order valence-corrected chi connectivity index (χ4v) is 1.54. The molecule has 1 atom stereocenters. The highest BCUT2D eigenvalue weighted by molar-refractivity contribution is 6.30. The summed E-state index contributed by atoms with van der Waals surface area (Å²) in [5.41, 5.74) is -0.0145. The summed E-state index contributed by atoms with van der Waals surface area (Å²) in [6, 6.07) is 7.10. The van der Waals surface area contributed by atoms with Crippen LogP contribution in [-0.2, 0) is 6.42 Å². The minimum atomic E-state index is -0.522. The molecule has 1 unspecified atom stereocenters. The molecule has 0 aliphatic carbocycles. The summed E-state index contributed by atoms with van der Waals surface area (Å²) in [4.78, 5) is 0. The molecule has 0 N–H and O–H groups in total. The second-order valence-corrected chi connectivity index (χ2v) is 4.32. The number of nitrogens with zero attached hydrogens (tertiary/aromatic N) is 1. The van der Waals surface area contributed by atoms with Gasteiger partial charge in [0, 0.05) is 0 Å². The third kappa shape index (κ3) is 2.70. The van der Waals surface area contributed by atoms with Crippen molar-refractivity contribution < 1.29 is 4.39 Å². The zero-order valence-electron chi connectivity index (χ0n) is 8.85. The van der Waals surface area contributed by atoms with Crippen LogP contribution in [-0.4, -0.2) is 0 Å². The van der Waals surface area contributed by atoms with Gasteiger partial charge in [-0.1, -0.05) is 30.7 Å². The molecule has 1 rings (SSSR count). The monoisotopic (exact) mass is 225 g/mol. The summed E-state index contributed by atoms with van der Waals surface area (Å²) in [6.45, 7) is 3.75. The lowest BCUT2D eigenvalue weighted by Gasteiger charge is -2.19. The van der Waals surface area contributed by atoms with Crippen molar-refractivity contribution in [1.29, 1.82) is 5.26 Å². The van der Waals surface area contributed by atoms with Gasteiger partial charge in [0.2, 0.25) is 0 Å². The molecule has 0 spiro atoms. The van der Waals surface area contributed by atoms with Gasteiger partial charge in [0.1, 0.15) is 5.82 Å². The summed E-state index contributed by atoms with van der Waals surface area (Å²) in [7, 11) is 0. The average molecular weight is 226 g/mol. The average Bonchev–Trinajstić information content (AvgIpc) is 2.25. The summed E-state index contributed by atoms with van der Waals surface area (Å²) in [6.07, 6.45) is 1.09. The van der Waals surface area contributed by atoms with Gasteiger partial charge in [0.25, 0.3) is 0 Å². The molecule has 0 bridgehead atoms. The van der Waals surface area contributed by atoms with Crippen molar-refractivity contribution in [3.8, 4) is 6.07 Å². The van der Waals surface area contributed by atoms with Crippen LogP contribution < -0.4 is 0 Å². The SMILES string of the molecule is CCC(C)(C#N)Cc1cccc(Cl)c1F. The van der Waals surface area contributed by atoms with E-state index in [0.29, 0.717) is 18.4 Å². The molecule has 3 heteroatoms. The highest BCUT2D eigenvalue weighted by Gasteiger charge is 2.23. The predicted octanol–water partition coefficient (Wildman–Crippen LogP) is 3.96. The highest BCUT2D eigenvalue weighted by atomic mass is 35.5. The molecule has 0 amide bonds. The van der Waals surface area contributed by atoms with E-state index >= 15 is 0 Å². The van der Waals surface area contributed by atoms with Gasteiger partial charge in [-0.25, -0.2) is 4.39 Å². The van der Waals surface area contributed by atoms with E-state index in [4.69, 9.17) is 16.9 Å². The van der Waals surface area contributed by atoms with Gasteiger partial charge in [-0.2, -0.15) is 5.26 Å². The van der Waals surface area contributed by atoms with Gasteiger partial charge < -0.3 is 0 Å². The van der Waals surface area contributed by atoms with Crippen molar-refractivity contribution in [2.24, 2.45) is 5.41 Å². The van der Waals surface area contributed by atoms with Crippen LogP contribution in [0.3, 0.4) is 0 Å². The van der Waals surface area contributed by atoms with Crippen LogP contribution in [0, 0.1) is 22.6 Å². The lowest BCUT2D eigenvalue weighted by Crippen LogP contribution is -2.16. The van der Waals surface area contributed by atoms with E-state index < -0.39 is 11.2 Å². The van der Waals surface area contributed by atoms with E-state index in [-0.39, 0.29) is 5.02 Å². The minimum Gasteiger partial charge on any atom is -0.205 e. The molecular formula is C12H13ClFN. The third-order valence-electron chi connectivity index (χ3n) is 2.66. The molecule has 0 radical (unpaired) electrons. The summed E-state index contributed by atoms with van der Waals surface area (Å²) in [5, 5.41) is 9.12. The van der Waals surface area contributed by atoms with Gasteiger partial charge in [0.05, 0.1) is 16.5 Å². The van der Waals surface area contributed by atoms with Crippen LogP contribution in [0.1, 0.15) is 25.8 Å². The van der Waals surface area contributed by atoms with Crippen LogP contribution in [0.25, 0.3) is 0 Å². The van der Waals surface area contributed by atoms with Crippen molar-refractivity contribution in [1.82, 2.24) is 0 Å². The molecule has 1 aromatic rings. The minimum absolute atomic E-state index is 0.115. The topological polar surface area (TPSA) is 23.8 Å². The summed E-state index contributed by atoms with van der Waals surface area (Å²) >= 11 is 5.67. The van der Waals surface area contributed by atoms with Crippen LogP contribution in [0.4, 0.5) is 4.39 Å². The Bertz CT molecular complexity index is 397. The molecule has 1 aromatic carbocycles. The molecule has 0 aliphatic rings. The van der Waals surface area contributed by atoms with Gasteiger partial charge >= 0.3 is 0 Å². The molecule has 0 aromatic heterocycles. The number of hydrogen-bond donors (Lipinski definition) is 0. The van der Waals surface area contributed by atoms with Crippen molar-refractivity contribution in [2.75, 3.05) is 0 Å². The molecule has 0 heterocycles. The fraction of sp³-hybridized carbons (Fsp3) is 0.417. The largest absolute Gasteiger partial charge is 0.205 e. The van der Waals surface area contributed by atoms with Crippen LogP contribution >= 0.6 is 11.6 Å². The van der Waals surface area contributed by atoms with E-state index in [1.165, 1.54) is 6.07 Å². The molecule has 0 saturated carbocycles. The van der Waals surface area contributed by atoms with Gasteiger partial charge in [-0.05, 0) is 31.4 Å². The van der Waals surface area contributed by atoms with Crippen molar-refractivity contribution >= 4 is 11.6 Å². The van der Waals surface area contributed by atoms with Gasteiger partial charge in [-0.3, -0.25) is 0 Å². The zero-order valence-corrected chi connectivity index (χ0v) is 9.61. The lowest BCUT2D eigenvalue weighted by atomic mass is 9.83. The van der Waals surface area contributed by atoms with Crippen LogP contribution in [0.5, 0.6) is 0 Å². The molecule has 0 saturated heterocycles. The highest BCUT2D eigenvalue weighted by Crippen LogP contribution is 2.28. The number of halogens is 2. The van der Waals surface area contributed by atoms with E-state index in [2.05, 4.69) is 6.07 Å².